The summed E-state index contributed by atoms with van der Waals surface area (Å²) in [7, 11) is 0. The van der Waals surface area contributed by atoms with Gasteiger partial charge in [-0.2, -0.15) is 0 Å². The third-order valence-corrected chi connectivity index (χ3v) is 4.86. The highest BCUT2D eigenvalue weighted by atomic mass is 35.5. The van der Waals surface area contributed by atoms with Crippen molar-refractivity contribution in [3.8, 4) is 0 Å². The molecule has 120 valence electrons. The molecule has 0 atom stereocenters. The summed E-state index contributed by atoms with van der Waals surface area (Å²) in [5.74, 6) is 1.26. The number of hydrogen-bond donors (Lipinski definition) is 2. The number of nitrogens with one attached hydrogen (secondary N) is 2. The van der Waals surface area contributed by atoms with Gasteiger partial charge in [-0.05, 0) is 43.9 Å². The smallest absolute Gasteiger partial charge is 0.227 e. The van der Waals surface area contributed by atoms with Crippen LogP contribution in [0, 0.1) is 0 Å². The van der Waals surface area contributed by atoms with E-state index in [1.807, 2.05) is 30.5 Å². The van der Waals surface area contributed by atoms with Crippen molar-refractivity contribution in [1.82, 2.24) is 15.3 Å². The first-order chi connectivity index (χ1) is 11.3. The molecule has 2 saturated carbocycles. The van der Waals surface area contributed by atoms with Crippen LogP contribution in [0.15, 0.2) is 30.5 Å². The number of aromatic nitrogens is 2. The van der Waals surface area contributed by atoms with E-state index in [9.17, 15) is 0 Å². The van der Waals surface area contributed by atoms with Gasteiger partial charge in [-0.15, -0.1) is 0 Å². The summed E-state index contributed by atoms with van der Waals surface area (Å²) in [6.45, 7) is 0.883. The van der Waals surface area contributed by atoms with Gasteiger partial charge in [0.2, 0.25) is 5.95 Å². The number of nitrogens with zero attached hydrogens (tertiary/aromatic N) is 2. The van der Waals surface area contributed by atoms with Crippen molar-refractivity contribution in [1.29, 1.82) is 0 Å². The van der Waals surface area contributed by atoms with Crippen LogP contribution in [0.3, 0.4) is 0 Å². The molecule has 0 spiro atoms. The Morgan fingerprint density at radius 2 is 2.04 bits per heavy atom. The van der Waals surface area contributed by atoms with Crippen LogP contribution in [0.4, 0.5) is 11.6 Å². The number of halogens is 1. The van der Waals surface area contributed by atoms with E-state index in [1.165, 1.54) is 43.4 Å². The SMILES string of the molecule is Clc1cccc(Nc2ncc(CNC3CCC3)c(C3CC3)n2)c1. The fraction of sp³-hybridized carbons (Fsp3) is 0.444. The van der Waals surface area contributed by atoms with E-state index in [0.29, 0.717) is 22.9 Å². The zero-order chi connectivity index (χ0) is 15.6. The normalized spacial score (nSPS) is 17.8. The van der Waals surface area contributed by atoms with Crippen molar-refractivity contribution in [3.05, 3.63) is 46.7 Å². The Morgan fingerprint density at radius 3 is 2.74 bits per heavy atom. The van der Waals surface area contributed by atoms with Gasteiger partial charge >= 0.3 is 0 Å². The molecule has 1 heterocycles. The molecule has 4 nitrogen and oxygen atoms in total. The van der Waals surface area contributed by atoms with E-state index < -0.39 is 0 Å². The molecular weight excluding hydrogens is 308 g/mol. The minimum atomic E-state index is 0.608. The van der Waals surface area contributed by atoms with Crippen molar-refractivity contribution in [2.24, 2.45) is 0 Å². The number of benzene rings is 1. The van der Waals surface area contributed by atoms with E-state index >= 15 is 0 Å². The van der Waals surface area contributed by atoms with Crippen LogP contribution in [0.1, 0.15) is 49.3 Å². The Labute approximate surface area is 141 Å². The summed E-state index contributed by atoms with van der Waals surface area (Å²) in [6.07, 6.45) is 8.40. The van der Waals surface area contributed by atoms with Crippen LogP contribution in [0.5, 0.6) is 0 Å². The fourth-order valence-electron chi connectivity index (χ4n) is 2.89. The maximum atomic E-state index is 6.03. The molecule has 4 rings (SSSR count). The quantitative estimate of drug-likeness (QED) is 0.825. The zero-order valence-electron chi connectivity index (χ0n) is 13.1. The molecular formula is C18H21ClN4. The van der Waals surface area contributed by atoms with E-state index in [0.717, 1.165) is 12.2 Å². The Morgan fingerprint density at radius 1 is 1.17 bits per heavy atom. The van der Waals surface area contributed by atoms with Gasteiger partial charge in [-0.1, -0.05) is 24.1 Å². The van der Waals surface area contributed by atoms with Crippen molar-refractivity contribution in [2.45, 2.75) is 50.6 Å². The van der Waals surface area contributed by atoms with Crippen LogP contribution >= 0.6 is 11.6 Å². The van der Waals surface area contributed by atoms with E-state index in [1.54, 1.807) is 0 Å². The Kier molecular flexibility index (Phi) is 4.19. The van der Waals surface area contributed by atoms with Crippen LogP contribution in [0.2, 0.25) is 5.02 Å². The van der Waals surface area contributed by atoms with Crippen molar-refractivity contribution in [3.63, 3.8) is 0 Å². The van der Waals surface area contributed by atoms with Crippen molar-refractivity contribution in [2.75, 3.05) is 5.32 Å². The van der Waals surface area contributed by atoms with Crippen molar-refractivity contribution < 1.29 is 0 Å². The van der Waals surface area contributed by atoms with Gasteiger partial charge in [-0.3, -0.25) is 0 Å². The Hall–Kier alpha value is -1.65. The molecule has 5 heteroatoms. The summed E-state index contributed by atoms with van der Waals surface area (Å²) in [5, 5.41) is 7.58. The van der Waals surface area contributed by atoms with Gasteiger partial charge in [0.1, 0.15) is 0 Å². The molecule has 0 radical (unpaired) electrons. The second kappa shape index (κ2) is 6.46. The lowest BCUT2D eigenvalue weighted by Gasteiger charge is -2.26. The van der Waals surface area contributed by atoms with Gasteiger partial charge < -0.3 is 10.6 Å². The van der Waals surface area contributed by atoms with E-state index in [4.69, 9.17) is 16.6 Å². The summed E-state index contributed by atoms with van der Waals surface area (Å²) < 4.78 is 0. The maximum Gasteiger partial charge on any atom is 0.227 e. The number of rotatable bonds is 6. The summed E-state index contributed by atoms with van der Waals surface area (Å²) in [4.78, 5) is 9.27. The average molecular weight is 329 g/mol. The monoisotopic (exact) mass is 328 g/mol. The molecule has 2 aromatic rings. The van der Waals surface area contributed by atoms with E-state index in [2.05, 4.69) is 15.6 Å². The first-order valence-corrected chi connectivity index (χ1v) is 8.77. The molecule has 0 unspecified atom stereocenters. The predicted octanol–water partition coefficient (Wildman–Crippen LogP) is 4.39. The molecule has 2 aliphatic rings. The van der Waals surface area contributed by atoms with Gasteiger partial charge in [-0.25, -0.2) is 9.97 Å². The molecule has 1 aromatic heterocycles. The zero-order valence-corrected chi connectivity index (χ0v) is 13.8. The lowest BCUT2D eigenvalue weighted by Crippen LogP contribution is -2.34. The first kappa shape index (κ1) is 14.9. The molecule has 2 aliphatic carbocycles. The standard InChI is InChI=1S/C18H21ClN4/c19-14-3-1-6-16(9-14)22-18-21-11-13(10-20-15-4-2-5-15)17(23-18)12-7-8-12/h1,3,6,9,11-12,15,20H,2,4-5,7-8,10H2,(H,21,22,23). The second-order valence-corrected chi connectivity index (χ2v) is 6.96. The molecule has 0 aliphatic heterocycles. The first-order valence-electron chi connectivity index (χ1n) is 8.40. The minimum absolute atomic E-state index is 0.608. The average Bonchev–Trinajstić information content (AvgIpc) is 3.31. The Balaban J connectivity index is 1.50. The summed E-state index contributed by atoms with van der Waals surface area (Å²) >= 11 is 6.03. The largest absolute Gasteiger partial charge is 0.324 e. The van der Waals surface area contributed by atoms with Crippen LogP contribution in [-0.4, -0.2) is 16.0 Å². The lowest BCUT2D eigenvalue weighted by atomic mass is 9.93. The van der Waals surface area contributed by atoms with Crippen LogP contribution in [-0.2, 0) is 6.54 Å². The van der Waals surface area contributed by atoms with Crippen molar-refractivity contribution >= 4 is 23.2 Å². The summed E-state index contributed by atoms with van der Waals surface area (Å²) in [5.41, 5.74) is 3.37. The molecule has 23 heavy (non-hydrogen) atoms. The topological polar surface area (TPSA) is 49.8 Å². The maximum absolute atomic E-state index is 6.03. The van der Waals surface area contributed by atoms with Gasteiger partial charge in [0.25, 0.3) is 0 Å². The van der Waals surface area contributed by atoms with Crippen LogP contribution < -0.4 is 10.6 Å². The van der Waals surface area contributed by atoms with Crippen LogP contribution in [0.25, 0.3) is 0 Å². The molecule has 0 saturated heterocycles. The molecule has 0 bridgehead atoms. The second-order valence-electron chi connectivity index (χ2n) is 6.52. The number of hydrogen-bond acceptors (Lipinski definition) is 4. The summed E-state index contributed by atoms with van der Waals surface area (Å²) in [6, 6.07) is 8.32. The van der Waals surface area contributed by atoms with Gasteiger partial charge in [0, 0.05) is 41.0 Å². The molecule has 2 fully saturated rings. The number of anilines is 2. The molecule has 2 N–H and O–H groups in total. The third kappa shape index (κ3) is 3.65. The third-order valence-electron chi connectivity index (χ3n) is 4.63. The highest BCUT2D eigenvalue weighted by molar-refractivity contribution is 6.30. The van der Waals surface area contributed by atoms with E-state index in [-0.39, 0.29) is 0 Å². The molecule has 0 amide bonds. The van der Waals surface area contributed by atoms with Gasteiger partial charge in [0.05, 0.1) is 5.69 Å². The minimum Gasteiger partial charge on any atom is -0.324 e. The highest BCUT2D eigenvalue weighted by Crippen LogP contribution is 2.41. The Bertz CT molecular complexity index is 695. The molecule has 1 aromatic carbocycles. The highest BCUT2D eigenvalue weighted by Gasteiger charge is 2.28. The predicted molar refractivity (Wildman–Crippen MR) is 93.2 cm³/mol. The van der Waals surface area contributed by atoms with Gasteiger partial charge in [0.15, 0.2) is 0 Å². The lowest BCUT2D eigenvalue weighted by molar-refractivity contribution is 0.337. The fourth-order valence-corrected chi connectivity index (χ4v) is 3.08.